The molecule has 38 heavy (non-hydrogen) atoms. The molecule has 0 heterocycles. The number of carboxylic acids is 1. The van der Waals surface area contributed by atoms with Crippen molar-refractivity contribution < 1.29 is 19.4 Å². The van der Waals surface area contributed by atoms with Crippen LogP contribution in [0.4, 0.5) is 0 Å². The predicted molar refractivity (Wildman–Crippen MR) is 152 cm³/mol. The van der Waals surface area contributed by atoms with Crippen LogP contribution in [0.15, 0.2) is 97.1 Å². The standard InChI is InChI=1S/C33H27ClO4/c1-23-3-5-25(6-4-23)7-8-26-9-11-27(12-10-26)31(28-13-15-29(34)16-14-28)19-20-37-30-17-18-32(24(2)21-30)38-22-33(35)36/h3-6,9-19,21H,20,22H2,1-2H3,(H,35,36)/b31-19+. The molecule has 0 amide bonds. The average molecular weight is 523 g/mol. The third-order valence-electron chi connectivity index (χ3n) is 5.79. The fourth-order valence-corrected chi connectivity index (χ4v) is 3.91. The van der Waals surface area contributed by atoms with Crippen molar-refractivity contribution in [3.05, 3.63) is 135 Å². The van der Waals surface area contributed by atoms with E-state index >= 15 is 0 Å². The summed E-state index contributed by atoms with van der Waals surface area (Å²) >= 11 is 6.13. The molecular weight excluding hydrogens is 496 g/mol. The van der Waals surface area contributed by atoms with E-state index < -0.39 is 5.97 Å². The molecule has 4 aromatic rings. The predicted octanol–water partition coefficient (Wildman–Crippen LogP) is 7.33. The van der Waals surface area contributed by atoms with Crippen molar-refractivity contribution in [2.75, 3.05) is 13.2 Å². The zero-order valence-electron chi connectivity index (χ0n) is 21.2. The van der Waals surface area contributed by atoms with Crippen LogP contribution in [0.5, 0.6) is 11.5 Å². The second-order valence-corrected chi connectivity index (χ2v) is 9.18. The second-order valence-electron chi connectivity index (χ2n) is 8.74. The van der Waals surface area contributed by atoms with Gasteiger partial charge in [-0.15, -0.1) is 0 Å². The average Bonchev–Trinajstić information content (AvgIpc) is 2.91. The topological polar surface area (TPSA) is 55.8 Å². The maximum absolute atomic E-state index is 10.8. The number of benzene rings is 4. The quantitative estimate of drug-likeness (QED) is 0.246. The normalized spacial score (nSPS) is 10.9. The molecule has 4 nitrogen and oxygen atoms in total. The monoisotopic (exact) mass is 522 g/mol. The zero-order chi connectivity index (χ0) is 26.9. The second kappa shape index (κ2) is 12.7. The molecule has 0 bridgehead atoms. The molecule has 0 unspecified atom stereocenters. The molecule has 0 aliphatic rings. The number of carboxylic acid groups (broad SMARTS) is 1. The van der Waals surface area contributed by atoms with Gasteiger partial charge in [0.05, 0.1) is 0 Å². The van der Waals surface area contributed by atoms with E-state index in [-0.39, 0.29) is 6.61 Å². The maximum atomic E-state index is 10.8. The van der Waals surface area contributed by atoms with Crippen LogP contribution in [0.3, 0.4) is 0 Å². The van der Waals surface area contributed by atoms with Crippen LogP contribution in [0.2, 0.25) is 5.02 Å². The third kappa shape index (κ3) is 7.52. The highest BCUT2D eigenvalue weighted by molar-refractivity contribution is 6.30. The first-order valence-electron chi connectivity index (χ1n) is 12.1. The van der Waals surface area contributed by atoms with Gasteiger partial charge in [-0.3, -0.25) is 0 Å². The van der Waals surface area contributed by atoms with Gasteiger partial charge in [0.1, 0.15) is 18.1 Å². The Morgan fingerprint density at radius 2 is 1.39 bits per heavy atom. The minimum Gasteiger partial charge on any atom is -0.489 e. The first-order chi connectivity index (χ1) is 18.4. The molecule has 0 aliphatic heterocycles. The van der Waals surface area contributed by atoms with Crippen molar-refractivity contribution in [1.82, 2.24) is 0 Å². The lowest BCUT2D eigenvalue weighted by Crippen LogP contribution is -2.10. The van der Waals surface area contributed by atoms with Crippen molar-refractivity contribution >= 4 is 23.1 Å². The van der Waals surface area contributed by atoms with Gasteiger partial charge in [-0.2, -0.15) is 0 Å². The Morgan fingerprint density at radius 1 is 0.816 bits per heavy atom. The molecule has 1 N–H and O–H groups in total. The Kier molecular flexibility index (Phi) is 8.87. The summed E-state index contributed by atoms with van der Waals surface area (Å²) in [6.45, 7) is 3.86. The highest BCUT2D eigenvalue weighted by Gasteiger charge is 2.07. The van der Waals surface area contributed by atoms with Gasteiger partial charge in [-0.1, -0.05) is 65.4 Å². The van der Waals surface area contributed by atoms with E-state index in [9.17, 15) is 4.79 Å². The summed E-state index contributed by atoms with van der Waals surface area (Å²) in [6.07, 6.45) is 2.03. The Morgan fingerprint density at radius 3 is 1.97 bits per heavy atom. The van der Waals surface area contributed by atoms with Crippen LogP contribution >= 0.6 is 11.6 Å². The lowest BCUT2D eigenvalue weighted by molar-refractivity contribution is -0.139. The molecule has 4 rings (SSSR count). The van der Waals surface area contributed by atoms with Gasteiger partial charge < -0.3 is 14.6 Å². The zero-order valence-corrected chi connectivity index (χ0v) is 22.0. The summed E-state index contributed by atoms with van der Waals surface area (Å²) in [4.78, 5) is 10.8. The van der Waals surface area contributed by atoms with Crippen molar-refractivity contribution in [3.8, 4) is 23.3 Å². The molecule has 0 aliphatic carbocycles. The molecular formula is C33H27ClO4. The summed E-state index contributed by atoms with van der Waals surface area (Å²) in [5.41, 5.74) is 6.99. The molecule has 0 atom stereocenters. The van der Waals surface area contributed by atoms with Gasteiger partial charge in [-0.25, -0.2) is 4.79 Å². The summed E-state index contributed by atoms with van der Waals surface area (Å²) < 4.78 is 11.3. The van der Waals surface area contributed by atoms with Crippen molar-refractivity contribution in [2.45, 2.75) is 13.8 Å². The Balaban J connectivity index is 1.52. The van der Waals surface area contributed by atoms with E-state index in [0.717, 1.165) is 33.4 Å². The van der Waals surface area contributed by atoms with Crippen molar-refractivity contribution in [1.29, 1.82) is 0 Å². The van der Waals surface area contributed by atoms with Crippen LogP contribution < -0.4 is 9.47 Å². The molecule has 0 saturated heterocycles. The fourth-order valence-electron chi connectivity index (χ4n) is 3.78. The minimum atomic E-state index is -1.02. The van der Waals surface area contributed by atoms with E-state index in [0.29, 0.717) is 23.1 Å². The summed E-state index contributed by atoms with van der Waals surface area (Å²) in [5, 5.41) is 9.49. The highest BCUT2D eigenvalue weighted by Crippen LogP contribution is 2.27. The van der Waals surface area contributed by atoms with Gasteiger partial charge in [0.2, 0.25) is 0 Å². The first-order valence-corrected chi connectivity index (χ1v) is 12.5. The smallest absolute Gasteiger partial charge is 0.341 e. The minimum absolute atomic E-state index is 0.335. The van der Waals surface area contributed by atoms with Gasteiger partial charge in [-0.05, 0) is 96.8 Å². The van der Waals surface area contributed by atoms with Crippen LogP contribution in [0, 0.1) is 25.7 Å². The van der Waals surface area contributed by atoms with E-state index in [4.69, 9.17) is 26.2 Å². The fraction of sp³-hybridized carbons (Fsp3) is 0.121. The van der Waals surface area contributed by atoms with Crippen LogP contribution in [0.1, 0.15) is 33.4 Å². The Bertz CT molecular complexity index is 1490. The summed E-state index contributed by atoms with van der Waals surface area (Å²) in [6, 6.07) is 29.3. The summed E-state index contributed by atoms with van der Waals surface area (Å²) in [7, 11) is 0. The van der Waals surface area contributed by atoms with Crippen molar-refractivity contribution in [3.63, 3.8) is 0 Å². The Hall–Kier alpha value is -4.46. The highest BCUT2D eigenvalue weighted by atomic mass is 35.5. The van der Waals surface area contributed by atoms with Crippen LogP contribution in [0.25, 0.3) is 5.57 Å². The lowest BCUT2D eigenvalue weighted by Gasteiger charge is -2.12. The molecule has 4 aromatic carbocycles. The Labute approximate surface area is 228 Å². The number of rotatable bonds is 8. The van der Waals surface area contributed by atoms with E-state index in [1.54, 1.807) is 12.1 Å². The maximum Gasteiger partial charge on any atom is 0.341 e. The first kappa shape index (κ1) is 26.6. The SMILES string of the molecule is Cc1ccc(C#Cc2ccc(/C(=C\COc3ccc(OCC(=O)O)c(C)c3)c3ccc(Cl)cc3)cc2)cc1. The molecule has 190 valence electrons. The molecule has 0 saturated carbocycles. The van der Waals surface area contributed by atoms with Crippen molar-refractivity contribution in [2.24, 2.45) is 0 Å². The van der Waals surface area contributed by atoms with Gasteiger partial charge in [0, 0.05) is 16.1 Å². The number of ether oxygens (including phenoxy) is 2. The number of halogens is 1. The van der Waals surface area contributed by atoms with E-state index in [2.05, 4.69) is 43.0 Å². The largest absolute Gasteiger partial charge is 0.489 e. The molecule has 5 heteroatoms. The number of hydrogen-bond acceptors (Lipinski definition) is 3. The number of aliphatic carboxylic acids is 1. The number of aryl methyl sites for hydroxylation is 2. The third-order valence-corrected chi connectivity index (χ3v) is 6.04. The molecule has 0 radical (unpaired) electrons. The van der Waals surface area contributed by atoms with Crippen LogP contribution in [-0.4, -0.2) is 24.3 Å². The summed E-state index contributed by atoms with van der Waals surface area (Å²) in [5.74, 6) is 6.60. The van der Waals surface area contributed by atoms with Crippen LogP contribution in [-0.2, 0) is 4.79 Å². The van der Waals surface area contributed by atoms with Gasteiger partial charge in [0.25, 0.3) is 0 Å². The molecule has 0 aromatic heterocycles. The molecule has 0 fully saturated rings. The van der Waals surface area contributed by atoms with Gasteiger partial charge in [0.15, 0.2) is 6.61 Å². The van der Waals surface area contributed by atoms with E-state index in [1.807, 2.05) is 67.6 Å². The van der Waals surface area contributed by atoms with E-state index in [1.165, 1.54) is 5.56 Å². The van der Waals surface area contributed by atoms with Gasteiger partial charge >= 0.3 is 5.97 Å². The lowest BCUT2D eigenvalue weighted by atomic mass is 9.97. The molecule has 0 spiro atoms. The number of hydrogen-bond donors (Lipinski definition) is 1. The number of carbonyl (C=O) groups is 1.